The summed E-state index contributed by atoms with van der Waals surface area (Å²) in [6.07, 6.45) is 1.44. The van der Waals surface area contributed by atoms with Crippen LogP contribution in [0.2, 0.25) is 5.15 Å². The third kappa shape index (κ3) is 3.48. The van der Waals surface area contributed by atoms with Crippen LogP contribution in [0.5, 0.6) is 0 Å². The van der Waals surface area contributed by atoms with Crippen LogP contribution < -0.4 is 0 Å². The van der Waals surface area contributed by atoms with Crippen molar-refractivity contribution >= 4 is 40.1 Å². The van der Waals surface area contributed by atoms with Gasteiger partial charge in [0.1, 0.15) is 27.1 Å². The maximum Gasteiger partial charge on any atom is 0.144 e. The first-order chi connectivity index (χ1) is 9.27. The van der Waals surface area contributed by atoms with Crippen molar-refractivity contribution in [3.8, 4) is 0 Å². The maximum absolute atomic E-state index is 13.1. The van der Waals surface area contributed by atoms with Crippen molar-refractivity contribution in [1.29, 1.82) is 0 Å². The van der Waals surface area contributed by atoms with Crippen LogP contribution in [-0.2, 0) is 11.4 Å². The van der Waals surface area contributed by atoms with Crippen LogP contribution in [0.15, 0.2) is 28.7 Å². The number of hydrogen-bond donors (Lipinski definition) is 0. The first kappa shape index (κ1) is 15.2. The van der Waals surface area contributed by atoms with E-state index in [0.717, 1.165) is 5.39 Å². The smallest absolute Gasteiger partial charge is 0.144 e. The molecule has 0 saturated heterocycles. The lowest BCUT2D eigenvalue weighted by Gasteiger charge is -2.17. The number of benzene rings is 1. The fraction of sp³-hybridized carbons (Fsp3) is 0.286. The Hall–Kier alpha value is -1.17. The summed E-state index contributed by atoms with van der Waals surface area (Å²) >= 11 is 4.67. The summed E-state index contributed by atoms with van der Waals surface area (Å²) < 4.78 is 28.5. The van der Waals surface area contributed by atoms with Crippen LogP contribution in [0.25, 0.3) is 10.9 Å². The van der Waals surface area contributed by atoms with Gasteiger partial charge in [-0.2, -0.15) is 0 Å². The van der Waals surface area contributed by atoms with Crippen LogP contribution in [0.4, 0.5) is 4.39 Å². The van der Waals surface area contributed by atoms with Crippen LogP contribution in [0, 0.1) is 5.82 Å². The Bertz CT molecular complexity index is 670. The summed E-state index contributed by atoms with van der Waals surface area (Å²) in [6, 6.07) is 6.03. The first-order valence-corrected chi connectivity index (χ1v) is 7.48. The molecule has 0 spiro atoms. The van der Waals surface area contributed by atoms with Gasteiger partial charge in [0.2, 0.25) is 0 Å². The van der Waals surface area contributed by atoms with E-state index < -0.39 is 16.1 Å². The van der Waals surface area contributed by atoms with Crippen LogP contribution >= 0.6 is 11.6 Å². The van der Waals surface area contributed by atoms with Crippen molar-refractivity contribution in [2.45, 2.75) is 25.5 Å². The van der Waals surface area contributed by atoms with E-state index in [-0.39, 0.29) is 11.0 Å². The lowest BCUT2D eigenvalue weighted by atomic mass is 10.2. The number of aromatic nitrogens is 1. The quantitative estimate of drug-likeness (QED) is 0.479. The van der Waals surface area contributed by atoms with Crippen molar-refractivity contribution in [3.05, 3.63) is 40.8 Å². The number of hydrogen-bond acceptors (Lipinski definition) is 3. The third-order valence-corrected chi connectivity index (χ3v) is 4.22. The molecule has 1 heterocycles. The molecule has 0 aliphatic heterocycles. The normalized spacial score (nSPS) is 14.1. The Balaban J connectivity index is 2.38. The van der Waals surface area contributed by atoms with Gasteiger partial charge >= 0.3 is 0 Å². The Morgan fingerprint density at radius 3 is 2.70 bits per heavy atom. The highest BCUT2D eigenvalue weighted by Crippen LogP contribution is 2.22. The molecule has 6 heteroatoms. The van der Waals surface area contributed by atoms with E-state index in [2.05, 4.69) is 9.38 Å². The second kappa shape index (κ2) is 5.68. The monoisotopic (exact) mass is 312 g/mol. The number of pyridine rings is 1. The SMILES string of the molecule is CC(C)(C)[S@@+]([O-])/N=C/c1cc2ccc(F)cc2nc1Cl. The maximum atomic E-state index is 13.1. The molecule has 1 aromatic carbocycles. The largest absolute Gasteiger partial charge is 0.591 e. The molecule has 0 amide bonds. The van der Waals surface area contributed by atoms with Crippen LogP contribution in [-0.4, -0.2) is 20.5 Å². The highest BCUT2D eigenvalue weighted by molar-refractivity contribution is 7.91. The van der Waals surface area contributed by atoms with Crippen molar-refractivity contribution < 1.29 is 8.94 Å². The summed E-state index contributed by atoms with van der Waals surface area (Å²) in [5, 5.41) is 0.955. The molecule has 0 saturated carbocycles. The molecular weight excluding hydrogens is 299 g/mol. The van der Waals surface area contributed by atoms with E-state index in [0.29, 0.717) is 11.1 Å². The lowest BCUT2D eigenvalue weighted by Crippen LogP contribution is -2.25. The second-order valence-corrected chi connectivity index (χ2v) is 7.59. The molecule has 0 fully saturated rings. The van der Waals surface area contributed by atoms with Gasteiger partial charge in [0.25, 0.3) is 0 Å². The average molecular weight is 313 g/mol. The number of halogens is 2. The van der Waals surface area contributed by atoms with Gasteiger partial charge in [-0.15, -0.1) is 0 Å². The molecule has 3 nitrogen and oxygen atoms in total. The highest BCUT2D eigenvalue weighted by atomic mass is 35.5. The van der Waals surface area contributed by atoms with Crippen molar-refractivity contribution in [2.24, 2.45) is 4.40 Å². The molecule has 0 aliphatic rings. The van der Waals surface area contributed by atoms with Crippen molar-refractivity contribution in [1.82, 2.24) is 4.98 Å². The van der Waals surface area contributed by atoms with Gasteiger partial charge in [0.15, 0.2) is 0 Å². The number of nitrogens with zero attached hydrogens (tertiary/aromatic N) is 2. The third-order valence-electron chi connectivity index (χ3n) is 2.57. The fourth-order valence-electron chi connectivity index (χ4n) is 1.49. The Labute approximate surface area is 125 Å². The fourth-order valence-corrected chi connectivity index (χ4v) is 2.21. The van der Waals surface area contributed by atoms with Gasteiger partial charge in [0.05, 0.1) is 11.7 Å². The molecule has 0 bridgehead atoms. The van der Waals surface area contributed by atoms with Gasteiger partial charge in [-0.25, -0.2) is 9.37 Å². The number of fused-ring (bicyclic) bond motifs is 1. The van der Waals surface area contributed by atoms with E-state index in [1.54, 1.807) is 12.1 Å². The van der Waals surface area contributed by atoms with E-state index in [4.69, 9.17) is 11.6 Å². The Kier molecular flexibility index (Phi) is 4.32. The van der Waals surface area contributed by atoms with Gasteiger partial charge in [-0.1, -0.05) is 16.0 Å². The zero-order valence-corrected chi connectivity index (χ0v) is 12.9. The Morgan fingerprint density at radius 1 is 1.35 bits per heavy atom. The van der Waals surface area contributed by atoms with Gasteiger partial charge in [-0.05, 0) is 39.0 Å². The molecule has 2 rings (SSSR count). The van der Waals surface area contributed by atoms with Gasteiger partial charge < -0.3 is 4.55 Å². The number of rotatable bonds is 2. The molecule has 0 aliphatic carbocycles. The summed E-state index contributed by atoms with van der Waals surface area (Å²) in [4.78, 5) is 4.11. The van der Waals surface area contributed by atoms with E-state index >= 15 is 0 Å². The van der Waals surface area contributed by atoms with E-state index in [9.17, 15) is 8.94 Å². The summed E-state index contributed by atoms with van der Waals surface area (Å²) in [6.45, 7) is 5.51. The van der Waals surface area contributed by atoms with E-state index in [1.807, 2.05) is 20.8 Å². The minimum atomic E-state index is -1.36. The zero-order valence-electron chi connectivity index (χ0n) is 11.4. The molecule has 106 valence electrons. The topological polar surface area (TPSA) is 48.3 Å². The van der Waals surface area contributed by atoms with Crippen LogP contribution in [0.1, 0.15) is 26.3 Å². The summed E-state index contributed by atoms with van der Waals surface area (Å²) in [5.41, 5.74) is 1.03. The molecule has 1 aromatic heterocycles. The molecule has 2 aromatic rings. The molecule has 0 unspecified atom stereocenters. The van der Waals surface area contributed by atoms with Crippen molar-refractivity contribution in [2.75, 3.05) is 0 Å². The average Bonchev–Trinajstić information content (AvgIpc) is 2.34. The highest BCUT2D eigenvalue weighted by Gasteiger charge is 2.25. The van der Waals surface area contributed by atoms with Gasteiger partial charge in [-0.3, -0.25) is 0 Å². The predicted molar refractivity (Wildman–Crippen MR) is 82.2 cm³/mol. The standard InChI is InChI=1S/C14H14ClFN2OS/c1-14(2,3)20(19)17-8-10-6-9-4-5-11(16)7-12(9)18-13(10)15/h4-8H,1-3H3/b17-8+/t20-/m1/s1. The lowest BCUT2D eigenvalue weighted by molar-refractivity contribution is 0.562. The second-order valence-electron chi connectivity index (χ2n) is 5.30. The predicted octanol–water partition coefficient (Wildman–Crippen LogP) is 3.91. The minimum absolute atomic E-state index is 0.206. The minimum Gasteiger partial charge on any atom is -0.591 e. The molecule has 20 heavy (non-hydrogen) atoms. The van der Waals surface area contributed by atoms with Gasteiger partial charge in [0, 0.05) is 17.0 Å². The molecule has 0 N–H and O–H groups in total. The van der Waals surface area contributed by atoms with Crippen LogP contribution in [0.3, 0.4) is 0 Å². The Morgan fingerprint density at radius 2 is 2.05 bits per heavy atom. The molecule has 1 atom stereocenters. The zero-order chi connectivity index (χ0) is 14.9. The summed E-state index contributed by atoms with van der Waals surface area (Å²) in [7, 11) is 0. The summed E-state index contributed by atoms with van der Waals surface area (Å²) in [5.74, 6) is -0.365. The molecule has 0 radical (unpaired) electrons. The van der Waals surface area contributed by atoms with E-state index in [1.165, 1.54) is 18.3 Å². The molecular formula is C14H14ClFN2OS. The first-order valence-electron chi connectivity index (χ1n) is 5.99. The van der Waals surface area contributed by atoms with Crippen molar-refractivity contribution in [3.63, 3.8) is 0 Å².